The number of fused-ring (bicyclic) bond motifs is 2. The van der Waals surface area contributed by atoms with Gasteiger partial charge in [-0.1, -0.05) is 12.1 Å². The summed E-state index contributed by atoms with van der Waals surface area (Å²) in [7, 11) is 0. The van der Waals surface area contributed by atoms with Crippen molar-refractivity contribution < 1.29 is 0 Å². The molecule has 0 saturated carbocycles. The summed E-state index contributed by atoms with van der Waals surface area (Å²) in [5, 5.41) is 6.87. The lowest BCUT2D eigenvalue weighted by Gasteiger charge is -2.29. The van der Waals surface area contributed by atoms with Gasteiger partial charge in [-0.15, -0.1) is 0 Å². The van der Waals surface area contributed by atoms with Gasteiger partial charge >= 0.3 is 0 Å². The van der Waals surface area contributed by atoms with Gasteiger partial charge in [-0.25, -0.2) is 9.97 Å². The van der Waals surface area contributed by atoms with Crippen molar-refractivity contribution in [2.75, 3.05) is 36.4 Å². The zero-order valence-corrected chi connectivity index (χ0v) is 17.1. The van der Waals surface area contributed by atoms with Crippen molar-refractivity contribution in [3.05, 3.63) is 72.2 Å². The predicted molar refractivity (Wildman–Crippen MR) is 125 cm³/mol. The van der Waals surface area contributed by atoms with E-state index in [0.717, 1.165) is 61.1 Å². The number of anilines is 3. The Labute approximate surface area is 180 Å². The molecule has 0 amide bonds. The van der Waals surface area contributed by atoms with Crippen LogP contribution in [0.4, 0.5) is 17.2 Å². The first-order valence-corrected chi connectivity index (χ1v) is 10.6. The Morgan fingerprint density at radius 3 is 2.74 bits per heavy atom. The lowest BCUT2D eigenvalue weighted by atomic mass is 10.0. The predicted octanol–water partition coefficient (Wildman–Crippen LogP) is 3.48. The summed E-state index contributed by atoms with van der Waals surface area (Å²) in [5.74, 6) is 0.745. The molecule has 6 rings (SSSR count). The Morgan fingerprint density at radius 1 is 1.00 bits per heavy atom. The first-order valence-electron chi connectivity index (χ1n) is 10.6. The van der Waals surface area contributed by atoms with Crippen molar-refractivity contribution >= 4 is 29.1 Å². The van der Waals surface area contributed by atoms with Gasteiger partial charge < -0.3 is 19.9 Å². The number of nitrogens with zero attached hydrogens (tertiary/aromatic N) is 5. The Morgan fingerprint density at radius 2 is 1.87 bits per heavy atom. The molecule has 4 aromatic rings. The molecule has 1 fully saturated rings. The molecule has 0 radical (unpaired) electrons. The quantitative estimate of drug-likeness (QED) is 0.540. The van der Waals surface area contributed by atoms with E-state index < -0.39 is 0 Å². The van der Waals surface area contributed by atoms with Crippen LogP contribution in [0, 0.1) is 0 Å². The number of rotatable bonds is 4. The summed E-state index contributed by atoms with van der Waals surface area (Å²) in [6.45, 7) is 4.88. The molecule has 2 aromatic heterocycles. The van der Waals surface area contributed by atoms with E-state index >= 15 is 0 Å². The van der Waals surface area contributed by atoms with Gasteiger partial charge in [0.2, 0.25) is 0 Å². The standard InChI is InChI=1S/C24H23N7/c1-2-18-14-26-15-19(18)13-17(1)22-16-31-12-9-27-24(31)23(29-22)28-20-3-5-21(6-4-20)30-10-7-25-8-11-30/h1-6,9,12-14,16,25H,7-8,10-11,15H2,(H,28,29). The van der Waals surface area contributed by atoms with Crippen molar-refractivity contribution in [3.63, 3.8) is 0 Å². The van der Waals surface area contributed by atoms with Gasteiger partial charge in [0.05, 0.1) is 12.2 Å². The summed E-state index contributed by atoms with van der Waals surface area (Å²) in [4.78, 5) is 16.2. The molecule has 2 aliphatic rings. The van der Waals surface area contributed by atoms with Crippen molar-refractivity contribution in [1.82, 2.24) is 19.7 Å². The monoisotopic (exact) mass is 409 g/mol. The third-order valence-corrected chi connectivity index (χ3v) is 5.92. The van der Waals surface area contributed by atoms with Crippen molar-refractivity contribution in [1.29, 1.82) is 0 Å². The maximum Gasteiger partial charge on any atom is 0.180 e. The number of benzene rings is 2. The molecule has 2 N–H and O–H groups in total. The third kappa shape index (κ3) is 3.43. The minimum absolute atomic E-state index is 0.737. The molecule has 2 aromatic carbocycles. The Hall–Kier alpha value is -3.71. The smallest absolute Gasteiger partial charge is 0.180 e. The summed E-state index contributed by atoms with van der Waals surface area (Å²) >= 11 is 0. The van der Waals surface area contributed by atoms with E-state index in [1.54, 1.807) is 6.20 Å². The van der Waals surface area contributed by atoms with Gasteiger partial charge in [0.1, 0.15) is 0 Å². The molecule has 0 aliphatic carbocycles. The van der Waals surface area contributed by atoms with Gasteiger partial charge in [0.25, 0.3) is 0 Å². The molecule has 0 spiro atoms. The van der Waals surface area contributed by atoms with Crippen LogP contribution in [0.25, 0.3) is 16.9 Å². The van der Waals surface area contributed by atoms with Crippen LogP contribution in [0.3, 0.4) is 0 Å². The Balaban J connectivity index is 1.32. The van der Waals surface area contributed by atoms with Crippen LogP contribution in [-0.2, 0) is 6.54 Å². The molecule has 2 aliphatic heterocycles. The van der Waals surface area contributed by atoms with Gasteiger partial charge in [0, 0.05) is 67.9 Å². The summed E-state index contributed by atoms with van der Waals surface area (Å²) in [5.41, 5.74) is 7.46. The van der Waals surface area contributed by atoms with Crippen LogP contribution in [0.1, 0.15) is 11.1 Å². The average Bonchev–Trinajstić information content (AvgIpc) is 3.49. The lowest BCUT2D eigenvalue weighted by molar-refractivity contribution is 0.589. The van der Waals surface area contributed by atoms with Crippen LogP contribution >= 0.6 is 0 Å². The second-order valence-corrected chi connectivity index (χ2v) is 7.93. The van der Waals surface area contributed by atoms with Crippen LogP contribution in [0.5, 0.6) is 0 Å². The molecule has 0 atom stereocenters. The fraction of sp³-hybridized carbons (Fsp3) is 0.208. The second kappa shape index (κ2) is 7.52. The van der Waals surface area contributed by atoms with Gasteiger partial charge in [0.15, 0.2) is 11.5 Å². The van der Waals surface area contributed by atoms with Crippen LogP contribution in [0.15, 0.2) is 66.0 Å². The van der Waals surface area contributed by atoms with E-state index in [1.165, 1.54) is 16.8 Å². The fourth-order valence-electron chi connectivity index (χ4n) is 4.24. The van der Waals surface area contributed by atoms with Crippen LogP contribution in [-0.4, -0.2) is 46.8 Å². The lowest BCUT2D eigenvalue weighted by Crippen LogP contribution is -2.43. The first-order chi connectivity index (χ1) is 15.3. The minimum atomic E-state index is 0.737. The van der Waals surface area contributed by atoms with Crippen molar-refractivity contribution in [3.8, 4) is 11.3 Å². The molecule has 4 heterocycles. The highest BCUT2D eigenvalue weighted by molar-refractivity contribution is 5.86. The molecule has 31 heavy (non-hydrogen) atoms. The first kappa shape index (κ1) is 18.1. The molecular formula is C24H23N7. The molecule has 7 heteroatoms. The zero-order valence-electron chi connectivity index (χ0n) is 17.1. The number of hydrogen-bond acceptors (Lipinski definition) is 6. The second-order valence-electron chi connectivity index (χ2n) is 7.93. The van der Waals surface area contributed by atoms with Crippen molar-refractivity contribution in [2.45, 2.75) is 6.54 Å². The Bertz CT molecular complexity index is 1270. The van der Waals surface area contributed by atoms with E-state index in [4.69, 9.17) is 4.98 Å². The van der Waals surface area contributed by atoms with Gasteiger partial charge in [-0.2, -0.15) is 0 Å². The number of imidazole rings is 1. The highest BCUT2D eigenvalue weighted by atomic mass is 15.2. The molecule has 154 valence electrons. The molecule has 0 unspecified atom stereocenters. The van der Waals surface area contributed by atoms with E-state index in [2.05, 4.69) is 68.0 Å². The number of aliphatic imine (C=N–C) groups is 1. The van der Waals surface area contributed by atoms with E-state index in [9.17, 15) is 0 Å². The summed E-state index contributed by atoms with van der Waals surface area (Å²) < 4.78 is 2.02. The zero-order chi connectivity index (χ0) is 20.6. The van der Waals surface area contributed by atoms with Gasteiger partial charge in [-0.05, 0) is 41.5 Å². The molecular weight excluding hydrogens is 386 g/mol. The SMILES string of the molecule is C1=NCc2cc(-c3cn4ccnc4c(Nc4ccc(N5CCNCC5)cc4)n3)ccc21. The summed E-state index contributed by atoms with van der Waals surface area (Å²) in [6.07, 6.45) is 7.72. The number of hydrogen-bond donors (Lipinski definition) is 2. The average molecular weight is 409 g/mol. The highest BCUT2D eigenvalue weighted by Crippen LogP contribution is 2.28. The topological polar surface area (TPSA) is 69.8 Å². The maximum absolute atomic E-state index is 4.92. The van der Waals surface area contributed by atoms with E-state index in [0.29, 0.717) is 0 Å². The Kier molecular flexibility index (Phi) is 4.39. The molecule has 1 saturated heterocycles. The fourth-order valence-corrected chi connectivity index (χ4v) is 4.24. The van der Waals surface area contributed by atoms with Crippen LogP contribution in [0.2, 0.25) is 0 Å². The summed E-state index contributed by atoms with van der Waals surface area (Å²) in [6, 6.07) is 15.0. The van der Waals surface area contributed by atoms with E-state index in [-0.39, 0.29) is 0 Å². The van der Waals surface area contributed by atoms with E-state index in [1.807, 2.05) is 23.0 Å². The highest BCUT2D eigenvalue weighted by Gasteiger charge is 2.14. The van der Waals surface area contributed by atoms with Crippen LogP contribution < -0.4 is 15.5 Å². The molecule has 7 nitrogen and oxygen atoms in total. The minimum Gasteiger partial charge on any atom is -0.369 e. The number of aromatic nitrogens is 3. The third-order valence-electron chi connectivity index (χ3n) is 5.92. The van der Waals surface area contributed by atoms with Crippen molar-refractivity contribution in [2.24, 2.45) is 4.99 Å². The number of nitrogens with one attached hydrogen (secondary N) is 2. The largest absolute Gasteiger partial charge is 0.369 e. The molecule has 0 bridgehead atoms. The van der Waals surface area contributed by atoms with Gasteiger partial charge in [-0.3, -0.25) is 4.99 Å². The normalized spacial score (nSPS) is 15.4. The maximum atomic E-state index is 4.92. The number of piperazine rings is 1.